The molecule has 0 radical (unpaired) electrons. The van der Waals surface area contributed by atoms with E-state index in [-0.39, 0.29) is 10.9 Å². The second kappa shape index (κ2) is 8.37. The lowest BCUT2D eigenvalue weighted by Crippen LogP contribution is -2.42. The number of nitrogens with zero attached hydrogens (tertiary/aromatic N) is 2. The molecule has 138 valence electrons. The number of rotatable bonds is 3. The van der Waals surface area contributed by atoms with Gasteiger partial charge in [0.05, 0.1) is 26.8 Å². The van der Waals surface area contributed by atoms with Crippen LogP contribution in [0.4, 0.5) is 0 Å². The van der Waals surface area contributed by atoms with Crippen LogP contribution in [0.25, 0.3) is 0 Å². The molecule has 8 heteroatoms. The molecule has 0 N–H and O–H groups in total. The molecule has 0 fully saturated rings. The fraction of sp³-hybridized carbons (Fsp3) is 0.222. The largest absolute Gasteiger partial charge is 0.274 e. The predicted octanol–water partition coefficient (Wildman–Crippen LogP) is 7.23. The van der Waals surface area contributed by atoms with Gasteiger partial charge in [0.25, 0.3) is 5.91 Å². The second-order valence-corrected chi connectivity index (χ2v) is 8.51. The molecule has 0 aliphatic rings. The maximum Gasteiger partial charge on any atom is 0.274 e. The molecule has 1 amide bonds. The molecule has 0 saturated carbocycles. The highest BCUT2D eigenvalue weighted by molar-refractivity contribution is 6.45. The summed E-state index contributed by atoms with van der Waals surface area (Å²) in [6, 6.07) is 7.81. The number of hydrazone groups is 1. The van der Waals surface area contributed by atoms with E-state index in [1.54, 1.807) is 18.2 Å². The average molecular weight is 453 g/mol. The molecule has 2 rings (SSSR count). The molecule has 3 nitrogen and oxygen atoms in total. The Balaban J connectivity index is 2.47. The van der Waals surface area contributed by atoms with Crippen molar-refractivity contribution in [1.29, 1.82) is 0 Å². The molecule has 0 aromatic heterocycles. The Kier molecular flexibility index (Phi) is 6.86. The first-order valence-electron chi connectivity index (χ1n) is 7.49. The molecule has 0 saturated heterocycles. The lowest BCUT2D eigenvalue weighted by molar-refractivity contribution is 0.0593. The maximum atomic E-state index is 13.0. The van der Waals surface area contributed by atoms with Gasteiger partial charge >= 0.3 is 0 Å². The Morgan fingerprint density at radius 2 is 1.50 bits per heavy atom. The highest BCUT2D eigenvalue weighted by Gasteiger charge is 2.28. The molecular weight excluding hydrogens is 437 g/mol. The first kappa shape index (κ1) is 21.3. The summed E-state index contributed by atoms with van der Waals surface area (Å²) < 4.78 is 0. The normalized spacial score (nSPS) is 11.8. The summed E-state index contributed by atoms with van der Waals surface area (Å²) >= 11 is 30.4. The van der Waals surface area contributed by atoms with E-state index in [1.165, 1.54) is 23.4 Å². The average Bonchev–Trinajstić information content (AvgIpc) is 2.52. The quantitative estimate of drug-likeness (QED) is 0.275. The van der Waals surface area contributed by atoms with E-state index in [1.807, 2.05) is 20.8 Å². The third kappa shape index (κ3) is 5.05. The van der Waals surface area contributed by atoms with Gasteiger partial charge in [-0.1, -0.05) is 58.0 Å². The highest BCUT2D eigenvalue weighted by Crippen LogP contribution is 2.30. The van der Waals surface area contributed by atoms with Crippen molar-refractivity contribution >= 4 is 70.1 Å². The van der Waals surface area contributed by atoms with Crippen molar-refractivity contribution in [2.45, 2.75) is 26.3 Å². The number of amides is 1. The molecule has 0 spiro atoms. The molecular formula is C18H15Cl5N2O. The molecule has 26 heavy (non-hydrogen) atoms. The zero-order valence-electron chi connectivity index (χ0n) is 14.2. The highest BCUT2D eigenvalue weighted by atomic mass is 35.5. The predicted molar refractivity (Wildman–Crippen MR) is 111 cm³/mol. The van der Waals surface area contributed by atoms with Gasteiger partial charge in [-0.05, 0) is 51.1 Å². The number of hydrogen-bond donors (Lipinski definition) is 0. The summed E-state index contributed by atoms with van der Waals surface area (Å²) in [7, 11) is 0. The minimum Gasteiger partial charge on any atom is -0.267 e. The van der Waals surface area contributed by atoms with Crippen LogP contribution in [0.15, 0.2) is 35.4 Å². The van der Waals surface area contributed by atoms with E-state index < -0.39 is 5.54 Å². The first-order valence-corrected chi connectivity index (χ1v) is 9.38. The Hall–Kier alpha value is -0.970. The van der Waals surface area contributed by atoms with E-state index in [2.05, 4.69) is 5.10 Å². The van der Waals surface area contributed by atoms with Crippen molar-refractivity contribution < 1.29 is 4.79 Å². The van der Waals surface area contributed by atoms with Gasteiger partial charge in [-0.3, -0.25) is 4.79 Å². The van der Waals surface area contributed by atoms with Crippen LogP contribution in [-0.2, 0) is 0 Å². The molecule has 0 atom stereocenters. The Bertz CT molecular complexity index is 854. The fourth-order valence-electron chi connectivity index (χ4n) is 2.11. The maximum absolute atomic E-state index is 13.0. The number of carbonyl (C=O) groups excluding carboxylic acids is 1. The first-order chi connectivity index (χ1) is 12.0. The lowest BCUT2D eigenvalue weighted by Gasteiger charge is -2.31. The minimum atomic E-state index is -0.625. The molecule has 2 aromatic rings. The number of benzene rings is 2. The summed E-state index contributed by atoms with van der Waals surface area (Å²) in [6.45, 7) is 5.53. The zero-order valence-corrected chi connectivity index (χ0v) is 17.9. The monoisotopic (exact) mass is 450 g/mol. The summed E-state index contributed by atoms with van der Waals surface area (Å²) in [5.74, 6) is -0.368. The van der Waals surface area contributed by atoms with Crippen LogP contribution in [0.5, 0.6) is 0 Å². The number of hydrogen-bond acceptors (Lipinski definition) is 2. The Morgan fingerprint density at radius 1 is 0.962 bits per heavy atom. The van der Waals surface area contributed by atoms with Crippen LogP contribution in [0.2, 0.25) is 25.1 Å². The van der Waals surface area contributed by atoms with Crippen molar-refractivity contribution in [2.75, 3.05) is 0 Å². The van der Waals surface area contributed by atoms with Gasteiger partial charge in [0, 0.05) is 21.2 Å². The molecule has 0 heterocycles. The van der Waals surface area contributed by atoms with Crippen molar-refractivity contribution in [3.8, 4) is 0 Å². The topological polar surface area (TPSA) is 32.7 Å². The second-order valence-electron chi connectivity index (χ2n) is 6.45. The van der Waals surface area contributed by atoms with Crippen molar-refractivity contribution in [2.24, 2.45) is 5.10 Å². The van der Waals surface area contributed by atoms with E-state index >= 15 is 0 Å². The van der Waals surface area contributed by atoms with Crippen LogP contribution in [0.1, 0.15) is 36.7 Å². The van der Waals surface area contributed by atoms with Crippen LogP contribution in [-0.4, -0.2) is 22.7 Å². The van der Waals surface area contributed by atoms with Crippen molar-refractivity contribution in [3.05, 3.63) is 66.6 Å². The SMILES string of the molecule is CC(C)(C)N(/N=C/c1c(Cl)ccc(Cl)c1Cl)C(=O)c1cc(Cl)cc(Cl)c1. The van der Waals surface area contributed by atoms with E-state index in [4.69, 9.17) is 58.0 Å². The molecule has 2 aromatic carbocycles. The third-order valence-corrected chi connectivity index (χ3v) is 4.90. The molecule has 0 unspecified atom stereocenters. The Labute approximate surface area is 177 Å². The Morgan fingerprint density at radius 3 is 2.04 bits per heavy atom. The van der Waals surface area contributed by atoms with Crippen molar-refractivity contribution in [1.82, 2.24) is 5.01 Å². The lowest BCUT2D eigenvalue weighted by atomic mass is 10.1. The van der Waals surface area contributed by atoms with Gasteiger partial charge < -0.3 is 0 Å². The van der Waals surface area contributed by atoms with E-state index in [9.17, 15) is 4.79 Å². The van der Waals surface area contributed by atoms with Crippen LogP contribution in [0.3, 0.4) is 0 Å². The molecule has 0 aliphatic carbocycles. The summed E-state index contributed by atoms with van der Waals surface area (Å²) in [5, 5.41) is 7.31. The minimum absolute atomic E-state index is 0.259. The van der Waals surface area contributed by atoms with Crippen LogP contribution in [0, 0.1) is 0 Å². The van der Waals surface area contributed by atoms with Gasteiger partial charge in [0.15, 0.2) is 0 Å². The summed E-state index contributed by atoms with van der Waals surface area (Å²) in [5.41, 5.74) is 0.116. The third-order valence-electron chi connectivity index (χ3n) is 3.32. The van der Waals surface area contributed by atoms with Crippen LogP contribution >= 0.6 is 58.0 Å². The van der Waals surface area contributed by atoms with Gasteiger partial charge in [0.1, 0.15) is 0 Å². The van der Waals surface area contributed by atoms with E-state index in [0.717, 1.165) is 0 Å². The van der Waals surface area contributed by atoms with Gasteiger partial charge in [0.2, 0.25) is 0 Å². The van der Waals surface area contributed by atoms with E-state index in [0.29, 0.717) is 31.2 Å². The molecule has 0 aliphatic heterocycles. The van der Waals surface area contributed by atoms with Gasteiger partial charge in [-0.15, -0.1) is 0 Å². The standard InChI is InChI=1S/C18H15Cl5N2O/c1-18(2,3)25(17(26)10-6-11(19)8-12(20)7-10)24-9-13-14(21)4-5-15(22)16(13)23/h4-9H,1-3H3/b24-9+. The van der Waals surface area contributed by atoms with Crippen LogP contribution < -0.4 is 0 Å². The zero-order chi connectivity index (χ0) is 19.6. The summed E-state index contributed by atoms with van der Waals surface area (Å²) in [6.07, 6.45) is 1.41. The fourth-order valence-corrected chi connectivity index (χ4v) is 3.27. The smallest absolute Gasteiger partial charge is 0.267 e. The van der Waals surface area contributed by atoms with Gasteiger partial charge in [-0.25, -0.2) is 5.01 Å². The molecule has 0 bridgehead atoms. The summed E-state index contributed by atoms with van der Waals surface area (Å²) in [4.78, 5) is 13.0. The number of carbonyl (C=O) groups is 1. The number of halogens is 5. The van der Waals surface area contributed by atoms with Crippen molar-refractivity contribution in [3.63, 3.8) is 0 Å². The van der Waals surface area contributed by atoms with Gasteiger partial charge in [-0.2, -0.15) is 5.10 Å².